The van der Waals surface area contributed by atoms with E-state index in [0.717, 1.165) is 4.68 Å². The third kappa shape index (κ3) is 0.949. The first-order valence-corrected chi connectivity index (χ1v) is 2.82. The van der Waals surface area contributed by atoms with Gasteiger partial charge in [0.15, 0.2) is 5.82 Å². The van der Waals surface area contributed by atoms with Crippen LogP contribution in [0, 0.1) is 0 Å². The van der Waals surface area contributed by atoms with Crippen LogP contribution in [0.4, 0.5) is 4.79 Å². The molecule has 10 heavy (non-hydrogen) atoms. The predicted molar refractivity (Wildman–Crippen MR) is 32.2 cm³/mol. The van der Waals surface area contributed by atoms with Crippen LogP contribution in [0.3, 0.4) is 0 Å². The summed E-state index contributed by atoms with van der Waals surface area (Å²) in [5.74, 6) is 0.479. The molecule has 6 heteroatoms. The van der Waals surface area contributed by atoms with Gasteiger partial charge in [-0.2, -0.15) is 0 Å². The lowest BCUT2D eigenvalue weighted by atomic mass is 10.5. The summed E-state index contributed by atoms with van der Waals surface area (Å²) in [5.41, 5.74) is 4.92. The van der Waals surface area contributed by atoms with Crippen molar-refractivity contribution in [1.29, 1.82) is 0 Å². The van der Waals surface area contributed by atoms with Crippen molar-refractivity contribution in [2.75, 3.05) is 0 Å². The Balaban J connectivity index is 3.01. The smallest absolute Gasteiger partial charge is 0.342 e. The number of amides is 1. The van der Waals surface area contributed by atoms with Gasteiger partial charge in [0.2, 0.25) is 0 Å². The van der Waals surface area contributed by atoms with Gasteiger partial charge in [-0.25, -0.2) is 4.79 Å². The fourth-order valence-corrected chi connectivity index (χ4v) is 0.597. The number of primary amides is 1. The zero-order valence-electron chi connectivity index (χ0n) is 5.48. The number of aromatic nitrogens is 4. The first-order chi connectivity index (χ1) is 4.75. The highest BCUT2D eigenvalue weighted by Crippen LogP contribution is 1.89. The van der Waals surface area contributed by atoms with Crippen molar-refractivity contribution in [3.63, 3.8) is 0 Å². The van der Waals surface area contributed by atoms with Crippen LogP contribution >= 0.6 is 0 Å². The highest BCUT2D eigenvalue weighted by atomic mass is 16.2. The number of tetrazole rings is 1. The van der Waals surface area contributed by atoms with E-state index in [1.807, 2.05) is 6.92 Å². The molecule has 1 aromatic rings. The first-order valence-electron chi connectivity index (χ1n) is 2.82. The van der Waals surface area contributed by atoms with Gasteiger partial charge in [-0.05, 0) is 10.4 Å². The van der Waals surface area contributed by atoms with Crippen LogP contribution < -0.4 is 5.73 Å². The van der Waals surface area contributed by atoms with Crippen LogP contribution in [0.25, 0.3) is 0 Å². The van der Waals surface area contributed by atoms with Crippen molar-refractivity contribution in [3.8, 4) is 0 Å². The van der Waals surface area contributed by atoms with Gasteiger partial charge in [-0.1, -0.05) is 6.92 Å². The number of nitrogens with zero attached hydrogens (tertiary/aromatic N) is 4. The van der Waals surface area contributed by atoms with E-state index in [1.165, 1.54) is 0 Å². The Morgan fingerprint density at radius 1 is 1.80 bits per heavy atom. The topological polar surface area (TPSA) is 86.7 Å². The highest BCUT2D eigenvalue weighted by Gasteiger charge is 2.06. The van der Waals surface area contributed by atoms with Gasteiger partial charge in [0.05, 0.1) is 0 Å². The summed E-state index contributed by atoms with van der Waals surface area (Å²) in [6.07, 6.45) is 0.593. The van der Waals surface area contributed by atoms with Crippen LogP contribution in [0.15, 0.2) is 0 Å². The molecule has 0 atom stereocenters. The maximum absolute atomic E-state index is 10.5. The van der Waals surface area contributed by atoms with Gasteiger partial charge in [0.25, 0.3) is 0 Å². The Bertz CT molecular complexity index is 242. The van der Waals surface area contributed by atoms with E-state index in [9.17, 15) is 4.79 Å². The van der Waals surface area contributed by atoms with E-state index in [2.05, 4.69) is 15.5 Å². The molecule has 0 unspecified atom stereocenters. The molecule has 0 saturated carbocycles. The minimum absolute atomic E-state index is 0.479. The van der Waals surface area contributed by atoms with Gasteiger partial charge in [0.1, 0.15) is 0 Å². The molecule has 1 amide bonds. The van der Waals surface area contributed by atoms with Crippen LogP contribution in [-0.2, 0) is 6.42 Å². The molecule has 0 fully saturated rings. The Labute approximate surface area is 57.0 Å². The maximum Gasteiger partial charge on any atom is 0.342 e. The standard InChI is InChI=1S/C4H7N5O/c1-2-3-6-7-8-9(3)4(5)10/h2H2,1H3,(H2,5,10). The second-order valence-corrected chi connectivity index (χ2v) is 1.70. The summed E-state index contributed by atoms with van der Waals surface area (Å²) in [7, 11) is 0. The number of nitrogens with two attached hydrogens (primary N) is 1. The Kier molecular flexibility index (Phi) is 1.61. The molecule has 0 aliphatic carbocycles. The fourth-order valence-electron chi connectivity index (χ4n) is 0.597. The molecule has 0 spiro atoms. The molecule has 54 valence electrons. The van der Waals surface area contributed by atoms with E-state index in [-0.39, 0.29) is 0 Å². The number of hydrogen-bond acceptors (Lipinski definition) is 4. The molecule has 1 rings (SSSR count). The molecule has 1 aromatic heterocycles. The minimum Gasteiger partial charge on any atom is -0.350 e. The van der Waals surface area contributed by atoms with Crippen molar-refractivity contribution in [3.05, 3.63) is 5.82 Å². The molecule has 0 bridgehead atoms. The molecule has 2 N–H and O–H groups in total. The summed E-state index contributed by atoms with van der Waals surface area (Å²) in [5, 5.41) is 10.2. The maximum atomic E-state index is 10.5. The predicted octanol–water partition coefficient (Wildman–Crippen LogP) is -0.838. The van der Waals surface area contributed by atoms with Crippen molar-refractivity contribution in [2.45, 2.75) is 13.3 Å². The zero-order chi connectivity index (χ0) is 7.56. The average Bonchev–Trinajstić information content (AvgIpc) is 2.33. The second kappa shape index (κ2) is 2.42. The van der Waals surface area contributed by atoms with Gasteiger partial charge in [-0.3, -0.25) is 0 Å². The van der Waals surface area contributed by atoms with Crippen molar-refractivity contribution in [1.82, 2.24) is 20.2 Å². The van der Waals surface area contributed by atoms with Crippen LogP contribution in [0.5, 0.6) is 0 Å². The van der Waals surface area contributed by atoms with Gasteiger partial charge in [0, 0.05) is 6.42 Å². The van der Waals surface area contributed by atoms with Crippen LogP contribution in [0.1, 0.15) is 12.7 Å². The quantitative estimate of drug-likeness (QED) is 0.516. The van der Waals surface area contributed by atoms with E-state index >= 15 is 0 Å². The van der Waals surface area contributed by atoms with Crippen LogP contribution in [-0.4, -0.2) is 26.2 Å². The average molecular weight is 141 g/mol. The number of aryl methyl sites for hydroxylation is 1. The molecule has 0 radical (unpaired) electrons. The van der Waals surface area contributed by atoms with Gasteiger partial charge in [-0.15, -0.1) is 9.78 Å². The van der Waals surface area contributed by atoms with E-state index in [0.29, 0.717) is 12.2 Å². The zero-order valence-corrected chi connectivity index (χ0v) is 5.48. The lowest BCUT2D eigenvalue weighted by molar-refractivity contribution is 0.246. The lowest BCUT2D eigenvalue weighted by Crippen LogP contribution is -2.23. The van der Waals surface area contributed by atoms with Gasteiger partial charge < -0.3 is 5.73 Å². The molecule has 0 aromatic carbocycles. The molecular weight excluding hydrogens is 134 g/mol. The second-order valence-electron chi connectivity index (χ2n) is 1.70. The number of rotatable bonds is 1. The summed E-state index contributed by atoms with van der Waals surface area (Å²) < 4.78 is 0.972. The molecule has 0 aliphatic heterocycles. The monoisotopic (exact) mass is 141 g/mol. The largest absolute Gasteiger partial charge is 0.350 e. The molecular formula is C4H7N5O. The Morgan fingerprint density at radius 2 is 2.50 bits per heavy atom. The van der Waals surface area contributed by atoms with Crippen molar-refractivity contribution >= 4 is 6.03 Å². The lowest BCUT2D eigenvalue weighted by Gasteiger charge is -1.92. The molecule has 6 nitrogen and oxygen atoms in total. The number of carbonyl (C=O) groups excluding carboxylic acids is 1. The molecule has 1 heterocycles. The van der Waals surface area contributed by atoms with Crippen molar-refractivity contribution < 1.29 is 4.79 Å². The van der Waals surface area contributed by atoms with Crippen LogP contribution in [0.2, 0.25) is 0 Å². The molecule has 0 aliphatic rings. The summed E-state index contributed by atoms with van der Waals surface area (Å²) >= 11 is 0. The Morgan fingerprint density at radius 3 is 2.90 bits per heavy atom. The van der Waals surface area contributed by atoms with E-state index in [4.69, 9.17) is 5.73 Å². The Hall–Kier alpha value is -1.46. The van der Waals surface area contributed by atoms with Crippen molar-refractivity contribution in [2.24, 2.45) is 5.73 Å². The minimum atomic E-state index is -0.651. The third-order valence-corrected chi connectivity index (χ3v) is 1.06. The highest BCUT2D eigenvalue weighted by molar-refractivity contribution is 5.73. The normalized spacial score (nSPS) is 9.70. The fraction of sp³-hybridized carbons (Fsp3) is 0.500. The number of carbonyl (C=O) groups is 1. The SMILES string of the molecule is CCc1nnnn1C(N)=O. The van der Waals surface area contributed by atoms with E-state index in [1.54, 1.807) is 0 Å². The molecule has 0 saturated heterocycles. The van der Waals surface area contributed by atoms with Gasteiger partial charge >= 0.3 is 6.03 Å². The third-order valence-electron chi connectivity index (χ3n) is 1.06. The number of hydrogen-bond donors (Lipinski definition) is 1. The van der Waals surface area contributed by atoms with E-state index < -0.39 is 6.03 Å². The first kappa shape index (κ1) is 6.66. The summed E-state index contributed by atoms with van der Waals surface area (Å²) in [6.45, 7) is 1.84. The summed E-state index contributed by atoms with van der Waals surface area (Å²) in [4.78, 5) is 10.5. The summed E-state index contributed by atoms with van der Waals surface area (Å²) in [6, 6.07) is -0.651.